The fourth-order valence-corrected chi connectivity index (χ4v) is 3.07. The van der Waals surface area contributed by atoms with Crippen LogP contribution < -0.4 is 5.56 Å². The van der Waals surface area contributed by atoms with E-state index in [1.807, 2.05) is 30.3 Å². The van der Waals surface area contributed by atoms with Gasteiger partial charge in [-0.15, -0.1) is 0 Å². The van der Waals surface area contributed by atoms with Crippen LogP contribution >= 0.6 is 27.3 Å². The van der Waals surface area contributed by atoms with Gasteiger partial charge < -0.3 is 0 Å². The van der Waals surface area contributed by atoms with Gasteiger partial charge in [0.05, 0.1) is 10.2 Å². The van der Waals surface area contributed by atoms with E-state index in [4.69, 9.17) is 5.26 Å². The fraction of sp³-hybridized carbons (Fsp3) is 0. The summed E-state index contributed by atoms with van der Waals surface area (Å²) in [5, 5.41) is 9.16. The molecule has 0 radical (unpaired) electrons. The van der Waals surface area contributed by atoms with E-state index in [1.165, 1.54) is 11.3 Å². The summed E-state index contributed by atoms with van der Waals surface area (Å²) < 4.78 is 2.90. The van der Waals surface area contributed by atoms with Gasteiger partial charge in [0.15, 0.2) is 4.96 Å². The van der Waals surface area contributed by atoms with E-state index in [9.17, 15) is 4.79 Å². The van der Waals surface area contributed by atoms with Gasteiger partial charge in [-0.3, -0.25) is 9.20 Å². The number of para-hydroxylation sites is 1. The number of nitriles is 1. The molecule has 17 heavy (non-hydrogen) atoms. The molecule has 2 aromatic heterocycles. The predicted octanol–water partition coefficient (Wildman–Crippen LogP) is 2.54. The summed E-state index contributed by atoms with van der Waals surface area (Å²) in [6, 6.07) is 9.68. The summed E-state index contributed by atoms with van der Waals surface area (Å²) in [4.78, 5) is 16.1. The minimum Gasteiger partial charge on any atom is -0.274 e. The van der Waals surface area contributed by atoms with Crippen LogP contribution in [0.2, 0.25) is 0 Å². The maximum Gasteiger partial charge on any atom is 0.289 e. The first-order valence-corrected chi connectivity index (χ1v) is 6.33. The molecule has 0 unspecified atom stereocenters. The molecule has 0 fully saturated rings. The minimum absolute atomic E-state index is 0.209. The first kappa shape index (κ1) is 10.4. The summed E-state index contributed by atoms with van der Waals surface area (Å²) in [7, 11) is 0. The number of rotatable bonds is 0. The third-order valence-electron chi connectivity index (χ3n) is 2.42. The molecule has 0 saturated carbocycles. The van der Waals surface area contributed by atoms with Gasteiger partial charge in [0.25, 0.3) is 5.56 Å². The van der Waals surface area contributed by atoms with Crippen LogP contribution in [0, 0.1) is 11.3 Å². The normalized spacial score (nSPS) is 10.8. The Morgan fingerprint density at radius 3 is 2.94 bits per heavy atom. The molecular weight excluding hydrogens is 302 g/mol. The van der Waals surface area contributed by atoms with Crippen LogP contribution in [-0.4, -0.2) is 9.38 Å². The average Bonchev–Trinajstić information content (AvgIpc) is 2.69. The van der Waals surface area contributed by atoms with Crippen LogP contribution in [0.4, 0.5) is 0 Å². The molecule has 3 rings (SSSR count). The van der Waals surface area contributed by atoms with E-state index in [0.717, 1.165) is 10.2 Å². The van der Waals surface area contributed by atoms with Crippen molar-refractivity contribution in [3.63, 3.8) is 0 Å². The molecule has 4 nitrogen and oxygen atoms in total. The van der Waals surface area contributed by atoms with Crippen molar-refractivity contribution in [3.8, 4) is 6.07 Å². The van der Waals surface area contributed by atoms with Gasteiger partial charge >= 0.3 is 0 Å². The second-order valence-corrected chi connectivity index (χ2v) is 5.18. The quantitative estimate of drug-likeness (QED) is 0.641. The summed E-state index contributed by atoms with van der Waals surface area (Å²) in [6.07, 6.45) is 0. The van der Waals surface area contributed by atoms with Crippen LogP contribution in [0.5, 0.6) is 0 Å². The molecular formula is C11H4BrN3OS. The Balaban J connectivity index is 2.70. The fourth-order valence-electron chi connectivity index (χ4n) is 1.70. The van der Waals surface area contributed by atoms with E-state index in [1.54, 1.807) is 4.40 Å². The van der Waals surface area contributed by atoms with Gasteiger partial charge in [-0.1, -0.05) is 23.5 Å². The number of hydrogen-bond donors (Lipinski definition) is 0. The predicted molar refractivity (Wildman–Crippen MR) is 69.3 cm³/mol. The summed E-state index contributed by atoms with van der Waals surface area (Å²) in [6.45, 7) is 0. The second-order valence-electron chi connectivity index (χ2n) is 3.38. The number of benzene rings is 1. The Morgan fingerprint density at radius 2 is 2.18 bits per heavy atom. The SMILES string of the molecule is N#Cc1c(Br)c(=O)nc2sc3ccccc3n12. The Morgan fingerprint density at radius 1 is 1.41 bits per heavy atom. The van der Waals surface area contributed by atoms with Gasteiger partial charge in [0.1, 0.15) is 16.2 Å². The largest absolute Gasteiger partial charge is 0.289 e. The summed E-state index contributed by atoms with van der Waals surface area (Å²) in [5.74, 6) is 0. The molecule has 1 aromatic carbocycles. The summed E-state index contributed by atoms with van der Waals surface area (Å²) in [5.41, 5.74) is 0.766. The molecule has 0 atom stereocenters. The second kappa shape index (κ2) is 3.65. The number of hydrogen-bond acceptors (Lipinski definition) is 4. The molecule has 6 heteroatoms. The van der Waals surface area contributed by atoms with Crippen molar-refractivity contribution >= 4 is 42.4 Å². The number of halogens is 1. The monoisotopic (exact) mass is 305 g/mol. The van der Waals surface area contributed by atoms with E-state index in [0.29, 0.717) is 4.96 Å². The van der Waals surface area contributed by atoms with Crippen molar-refractivity contribution in [2.75, 3.05) is 0 Å². The average molecular weight is 306 g/mol. The Kier molecular flexibility index (Phi) is 2.24. The minimum atomic E-state index is -0.409. The zero-order valence-corrected chi connectivity index (χ0v) is 10.7. The lowest BCUT2D eigenvalue weighted by Gasteiger charge is -1.99. The molecule has 0 bridgehead atoms. The molecule has 0 saturated heterocycles. The first-order valence-electron chi connectivity index (χ1n) is 4.72. The van der Waals surface area contributed by atoms with Crippen LogP contribution in [0.25, 0.3) is 15.2 Å². The topological polar surface area (TPSA) is 58.2 Å². The number of thiazole rings is 1. The number of aromatic nitrogens is 2. The Labute approximate surface area is 108 Å². The molecule has 0 N–H and O–H groups in total. The molecule has 82 valence electrons. The van der Waals surface area contributed by atoms with E-state index < -0.39 is 5.56 Å². The third-order valence-corrected chi connectivity index (χ3v) is 4.16. The van der Waals surface area contributed by atoms with Crippen molar-refractivity contribution in [2.45, 2.75) is 0 Å². The van der Waals surface area contributed by atoms with Crippen molar-refractivity contribution in [1.29, 1.82) is 5.26 Å². The van der Waals surface area contributed by atoms with Crippen LogP contribution in [-0.2, 0) is 0 Å². The molecule has 2 heterocycles. The van der Waals surface area contributed by atoms with Gasteiger partial charge in [0, 0.05) is 0 Å². The van der Waals surface area contributed by atoms with Crippen molar-refractivity contribution in [3.05, 3.63) is 44.8 Å². The van der Waals surface area contributed by atoms with Gasteiger partial charge in [0.2, 0.25) is 0 Å². The van der Waals surface area contributed by atoms with Crippen molar-refractivity contribution < 1.29 is 0 Å². The number of fused-ring (bicyclic) bond motifs is 3. The van der Waals surface area contributed by atoms with Crippen molar-refractivity contribution in [1.82, 2.24) is 9.38 Å². The lowest BCUT2D eigenvalue weighted by Crippen LogP contribution is -2.12. The van der Waals surface area contributed by atoms with Gasteiger partial charge in [-0.2, -0.15) is 10.2 Å². The Hall–Kier alpha value is -1.71. The Bertz CT molecular complexity index is 843. The lowest BCUT2D eigenvalue weighted by molar-refractivity contribution is 1.09. The lowest BCUT2D eigenvalue weighted by atomic mass is 10.3. The van der Waals surface area contributed by atoms with E-state index >= 15 is 0 Å². The van der Waals surface area contributed by atoms with Crippen LogP contribution in [0.15, 0.2) is 33.5 Å². The van der Waals surface area contributed by atoms with Crippen LogP contribution in [0.3, 0.4) is 0 Å². The number of nitrogens with zero attached hydrogens (tertiary/aromatic N) is 3. The van der Waals surface area contributed by atoms with Gasteiger partial charge in [-0.05, 0) is 28.1 Å². The third kappa shape index (κ3) is 1.40. The highest BCUT2D eigenvalue weighted by Crippen LogP contribution is 2.27. The van der Waals surface area contributed by atoms with Crippen LogP contribution in [0.1, 0.15) is 5.69 Å². The van der Waals surface area contributed by atoms with Crippen molar-refractivity contribution in [2.24, 2.45) is 0 Å². The zero-order chi connectivity index (χ0) is 12.0. The molecule has 3 aromatic rings. The zero-order valence-electron chi connectivity index (χ0n) is 8.35. The molecule has 0 aliphatic rings. The molecule has 0 aliphatic heterocycles. The van der Waals surface area contributed by atoms with Gasteiger partial charge in [-0.25, -0.2) is 0 Å². The molecule has 0 aliphatic carbocycles. The maximum absolute atomic E-state index is 11.6. The highest BCUT2D eigenvalue weighted by molar-refractivity contribution is 9.10. The summed E-state index contributed by atoms with van der Waals surface area (Å²) >= 11 is 4.51. The van der Waals surface area contributed by atoms with E-state index in [-0.39, 0.29) is 10.2 Å². The smallest absolute Gasteiger partial charge is 0.274 e. The maximum atomic E-state index is 11.6. The molecule has 0 spiro atoms. The molecule has 0 amide bonds. The van der Waals surface area contributed by atoms with E-state index in [2.05, 4.69) is 20.9 Å². The first-order chi connectivity index (χ1) is 8.22. The highest BCUT2D eigenvalue weighted by Gasteiger charge is 2.14. The highest BCUT2D eigenvalue weighted by atomic mass is 79.9. The standard InChI is InChI=1S/C11H4BrN3OS/c12-9-7(5-13)15-6-3-1-2-4-8(6)17-11(15)14-10(9)16/h1-4H.